The van der Waals surface area contributed by atoms with Crippen LogP contribution in [0.5, 0.6) is 0 Å². The molecule has 26 heavy (non-hydrogen) atoms. The zero-order chi connectivity index (χ0) is 16.4. The molecule has 6 heteroatoms. The molecule has 1 aliphatic rings. The van der Waals surface area contributed by atoms with Gasteiger partial charge < -0.3 is 15.4 Å². The number of hydrogen-bond donors (Lipinski definition) is 1. The van der Waals surface area contributed by atoms with Gasteiger partial charge in [-0.25, -0.2) is 4.39 Å². The van der Waals surface area contributed by atoms with E-state index in [0.29, 0.717) is 5.92 Å². The first-order valence-electron chi connectivity index (χ1n) is 8.67. The van der Waals surface area contributed by atoms with Gasteiger partial charge in [0.15, 0.2) is 0 Å². The number of nitrogens with zero attached hydrogens (tertiary/aromatic N) is 2. The third kappa shape index (κ3) is 4.41. The fraction of sp³-hybridized carbons (Fsp3) is 0.350. The van der Waals surface area contributed by atoms with Crippen LogP contribution in [0.3, 0.4) is 0 Å². The molecule has 1 fully saturated rings. The first-order valence-corrected chi connectivity index (χ1v) is 8.67. The number of benzene rings is 1. The van der Waals surface area contributed by atoms with Crippen molar-refractivity contribution in [3.05, 3.63) is 65.9 Å². The Hall–Kier alpha value is -1.95. The quantitative estimate of drug-likeness (QED) is 0.753. The monoisotopic (exact) mass is 377 g/mol. The van der Waals surface area contributed by atoms with Crippen LogP contribution in [0.15, 0.2) is 48.9 Å². The van der Waals surface area contributed by atoms with E-state index >= 15 is 0 Å². The lowest BCUT2D eigenvalue weighted by Gasteiger charge is -2.32. The highest BCUT2D eigenvalue weighted by atomic mass is 35.5. The number of rotatable bonds is 4. The summed E-state index contributed by atoms with van der Waals surface area (Å²) in [5, 5.41) is 1.05. The minimum atomic E-state index is -0.155. The summed E-state index contributed by atoms with van der Waals surface area (Å²) in [4.78, 5) is 9.99. The molecule has 0 bridgehead atoms. The number of H-pyrrole nitrogens is 1. The molecule has 140 valence electrons. The second-order valence-corrected chi connectivity index (χ2v) is 6.66. The normalized spacial score (nSPS) is 15.4. The molecule has 1 aromatic carbocycles. The summed E-state index contributed by atoms with van der Waals surface area (Å²) in [6, 6.07) is 9.15. The first kappa shape index (κ1) is 20.4. The largest absolute Gasteiger partial charge is 0.412 e. The number of hydrogen-bond acceptors (Lipinski definition) is 2. The molecule has 0 aliphatic carbocycles. The lowest BCUT2D eigenvalue weighted by Crippen LogP contribution is -2.34. The van der Waals surface area contributed by atoms with Crippen LogP contribution in [-0.2, 0) is 6.42 Å². The van der Waals surface area contributed by atoms with Crippen molar-refractivity contribution in [3.8, 4) is 0 Å². The van der Waals surface area contributed by atoms with Gasteiger partial charge in [-0.1, -0.05) is 6.07 Å². The van der Waals surface area contributed by atoms with Gasteiger partial charge in [-0.15, -0.1) is 12.4 Å². The molecule has 0 radical (unpaired) electrons. The fourth-order valence-corrected chi connectivity index (χ4v) is 3.75. The van der Waals surface area contributed by atoms with Crippen molar-refractivity contribution in [1.82, 2.24) is 14.9 Å². The van der Waals surface area contributed by atoms with Crippen molar-refractivity contribution in [2.45, 2.75) is 25.2 Å². The smallest absolute Gasteiger partial charge is 0.123 e. The summed E-state index contributed by atoms with van der Waals surface area (Å²) in [6.07, 6.45) is 9.16. The lowest BCUT2D eigenvalue weighted by atomic mass is 9.89. The molecular weight excluding hydrogens is 353 g/mol. The highest BCUT2D eigenvalue weighted by Gasteiger charge is 2.22. The van der Waals surface area contributed by atoms with E-state index in [9.17, 15) is 4.39 Å². The van der Waals surface area contributed by atoms with Crippen molar-refractivity contribution < 1.29 is 9.87 Å². The summed E-state index contributed by atoms with van der Waals surface area (Å²) in [5.41, 5.74) is 3.61. The van der Waals surface area contributed by atoms with Crippen LogP contribution in [-0.4, -0.2) is 40.0 Å². The predicted molar refractivity (Wildman–Crippen MR) is 105 cm³/mol. The van der Waals surface area contributed by atoms with Gasteiger partial charge in [0.1, 0.15) is 5.82 Å². The molecule has 4 nitrogen and oxygen atoms in total. The average molecular weight is 378 g/mol. The maximum atomic E-state index is 13.6. The molecule has 3 heterocycles. The average Bonchev–Trinajstić information content (AvgIpc) is 3.04. The molecule has 0 atom stereocenters. The van der Waals surface area contributed by atoms with Crippen LogP contribution >= 0.6 is 12.4 Å². The Morgan fingerprint density at radius 2 is 2.00 bits per heavy atom. The number of aromatic nitrogens is 2. The number of piperidine rings is 1. The van der Waals surface area contributed by atoms with Gasteiger partial charge >= 0.3 is 0 Å². The Kier molecular flexibility index (Phi) is 7.14. The van der Waals surface area contributed by atoms with Gasteiger partial charge in [0.2, 0.25) is 0 Å². The van der Waals surface area contributed by atoms with Crippen LogP contribution in [0, 0.1) is 5.82 Å². The number of halogens is 2. The zero-order valence-electron chi connectivity index (χ0n) is 14.6. The number of fused-ring (bicyclic) bond motifs is 1. The molecule has 4 rings (SSSR count). The molecule has 3 N–H and O–H groups in total. The number of likely N-dealkylation sites (tertiary alicyclic amines) is 1. The third-order valence-corrected chi connectivity index (χ3v) is 5.14. The Balaban J connectivity index is 0.00000121. The summed E-state index contributed by atoms with van der Waals surface area (Å²) in [5.74, 6) is 0.368. The van der Waals surface area contributed by atoms with Gasteiger partial charge in [-0.3, -0.25) is 4.98 Å². The molecule has 0 unspecified atom stereocenters. The number of aromatic amines is 1. The summed E-state index contributed by atoms with van der Waals surface area (Å²) in [7, 11) is 0. The first-order chi connectivity index (χ1) is 11.8. The van der Waals surface area contributed by atoms with E-state index in [4.69, 9.17) is 0 Å². The highest BCUT2D eigenvalue weighted by Crippen LogP contribution is 2.33. The molecule has 1 aliphatic heterocycles. The third-order valence-electron chi connectivity index (χ3n) is 5.14. The molecule has 0 amide bonds. The van der Waals surface area contributed by atoms with Crippen molar-refractivity contribution in [2.75, 3.05) is 19.6 Å². The number of nitrogens with one attached hydrogen (secondary N) is 1. The minimum absolute atomic E-state index is 0. The number of pyridine rings is 1. The Morgan fingerprint density at radius 1 is 1.19 bits per heavy atom. The molecule has 0 saturated carbocycles. The van der Waals surface area contributed by atoms with E-state index in [1.807, 2.05) is 24.5 Å². The van der Waals surface area contributed by atoms with Crippen molar-refractivity contribution in [3.63, 3.8) is 0 Å². The standard InChI is InChI=1S/C20H22FN3.ClH.H2O/c21-17-3-4-20-18(12-17)19(14-23-20)16-6-10-24(11-7-16)9-5-15-2-1-8-22-13-15;;/h1-4,8,12-14,16,23H,5-7,9-11H2;1H;1H2. The molecule has 0 spiro atoms. The SMILES string of the molecule is Cl.Fc1ccc2[nH]cc(C3CCN(CCc4cccnc4)CC3)c2c1.O. The van der Waals surface area contributed by atoms with Crippen molar-refractivity contribution >= 4 is 23.3 Å². The van der Waals surface area contributed by atoms with E-state index in [0.717, 1.165) is 49.8 Å². The summed E-state index contributed by atoms with van der Waals surface area (Å²) < 4.78 is 13.6. The molecule has 1 saturated heterocycles. The molecule has 3 aromatic rings. The predicted octanol–water partition coefficient (Wildman–Crippen LogP) is 3.72. The Morgan fingerprint density at radius 3 is 2.73 bits per heavy atom. The van der Waals surface area contributed by atoms with Crippen LogP contribution in [0.2, 0.25) is 0 Å². The van der Waals surface area contributed by atoms with Crippen LogP contribution < -0.4 is 0 Å². The Bertz CT molecular complexity index is 816. The minimum Gasteiger partial charge on any atom is -0.412 e. The maximum Gasteiger partial charge on any atom is 0.123 e. The van der Waals surface area contributed by atoms with Gasteiger partial charge in [0, 0.05) is 36.0 Å². The molecular formula is C20H25ClFN3O. The zero-order valence-corrected chi connectivity index (χ0v) is 15.4. The van der Waals surface area contributed by atoms with E-state index in [-0.39, 0.29) is 23.7 Å². The second-order valence-electron chi connectivity index (χ2n) is 6.66. The topological polar surface area (TPSA) is 63.4 Å². The molecule has 2 aromatic heterocycles. The summed E-state index contributed by atoms with van der Waals surface area (Å²) >= 11 is 0. The fourth-order valence-electron chi connectivity index (χ4n) is 3.75. The highest BCUT2D eigenvalue weighted by molar-refractivity contribution is 5.85. The van der Waals surface area contributed by atoms with Gasteiger partial charge in [0.05, 0.1) is 0 Å². The van der Waals surface area contributed by atoms with E-state index in [1.165, 1.54) is 17.2 Å². The van der Waals surface area contributed by atoms with E-state index < -0.39 is 0 Å². The second kappa shape index (κ2) is 9.12. The van der Waals surface area contributed by atoms with E-state index in [1.54, 1.807) is 6.07 Å². The van der Waals surface area contributed by atoms with Gasteiger partial charge in [-0.05, 0) is 73.7 Å². The van der Waals surface area contributed by atoms with Crippen LogP contribution in [0.25, 0.3) is 10.9 Å². The maximum absolute atomic E-state index is 13.6. The van der Waals surface area contributed by atoms with Crippen molar-refractivity contribution in [1.29, 1.82) is 0 Å². The Labute approximate surface area is 159 Å². The van der Waals surface area contributed by atoms with Gasteiger partial charge in [-0.2, -0.15) is 0 Å². The van der Waals surface area contributed by atoms with Crippen LogP contribution in [0.4, 0.5) is 4.39 Å². The van der Waals surface area contributed by atoms with E-state index in [2.05, 4.69) is 27.1 Å². The lowest BCUT2D eigenvalue weighted by molar-refractivity contribution is 0.215. The van der Waals surface area contributed by atoms with Crippen molar-refractivity contribution in [2.24, 2.45) is 0 Å². The van der Waals surface area contributed by atoms with Crippen LogP contribution in [0.1, 0.15) is 29.9 Å². The van der Waals surface area contributed by atoms with Gasteiger partial charge in [0.25, 0.3) is 0 Å². The summed E-state index contributed by atoms with van der Waals surface area (Å²) in [6.45, 7) is 3.29.